The maximum Gasteiger partial charge on any atom is 0.167 e. The molecule has 144 valence electrons. The third kappa shape index (κ3) is 4.64. The molecule has 1 aliphatic rings. The van der Waals surface area contributed by atoms with Gasteiger partial charge in [-0.3, -0.25) is 0 Å². The summed E-state index contributed by atoms with van der Waals surface area (Å²) in [5.74, 6) is 1.37. The van der Waals surface area contributed by atoms with E-state index in [1.807, 2.05) is 25.1 Å². The van der Waals surface area contributed by atoms with Gasteiger partial charge in [0.2, 0.25) is 0 Å². The summed E-state index contributed by atoms with van der Waals surface area (Å²) in [5, 5.41) is 16.7. The molecule has 4 N–H and O–H groups in total. The van der Waals surface area contributed by atoms with E-state index in [1.54, 1.807) is 0 Å². The van der Waals surface area contributed by atoms with Gasteiger partial charge in [0.25, 0.3) is 0 Å². The van der Waals surface area contributed by atoms with Crippen molar-refractivity contribution in [2.24, 2.45) is 5.92 Å². The third-order valence-electron chi connectivity index (χ3n) is 4.90. The third-order valence-corrected chi connectivity index (χ3v) is 4.90. The molecule has 2 aromatic rings. The van der Waals surface area contributed by atoms with E-state index in [0.29, 0.717) is 18.3 Å². The van der Waals surface area contributed by atoms with E-state index in [-0.39, 0.29) is 18.0 Å². The number of rotatable bonds is 6. The smallest absolute Gasteiger partial charge is 0.167 e. The largest absolute Gasteiger partial charge is 0.504 e. The standard InChI is InChI=1S/C23H30N2O2/c1-5-27-21-8-6-7-18(23(21)26)20-14-19(17-11-9-16(4)10-12-17)24-22(25-20)13-15(2)3/h6-12,14-15,20,22,24-26H,5,13H2,1-4H3/p+1. The highest BCUT2D eigenvalue weighted by molar-refractivity contribution is 5.66. The van der Waals surface area contributed by atoms with Gasteiger partial charge in [-0.25, -0.2) is 0 Å². The van der Waals surface area contributed by atoms with Gasteiger partial charge in [0.1, 0.15) is 6.04 Å². The predicted octanol–water partition coefficient (Wildman–Crippen LogP) is 3.72. The summed E-state index contributed by atoms with van der Waals surface area (Å²) in [6.45, 7) is 9.04. The van der Waals surface area contributed by atoms with Crippen LogP contribution in [-0.2, 0) is 0 Å². The number of hydrogen-bond donors (Lipinski definition) is 3. The summed E-state index contributed by atoms with van der Waals surface area (Å²) < 4.78 is 5.58. The van der Waals surface area contributed by atoms with Crippen LogP contribution in [0.15, 0.2) is 48.5 Å². The molecule has 0 bridgehead atoms. The van der Waals surface area contributed by atoms with Crippen LogP contribution in [-0.4, -0.2) is 17.9 Å². The monoisotopic (exact) mass is 367 g/mol. The van der Waals surface area contributed by atoms with E-state index in [0.717, 1.165) is 17.7 Å². The number of aryl methyl sites for hydroxylation is 1. The second-order valence-electron chi connectivity index (χ2n) is 7.67. The average molecular weight is 368 g/mol. The van der Waals surface area contributed by atoms with Crippen LogP contribution in [0.25, 0.3) is 5.70 Å². The molecule has 0 saturated heterocycles. The molecule has 0 radical (unpaired) electrons. The first-order valence-corrected chi connectivity index (χ1v) is 9.83. The van der Waals surface area contributed by atoms with E-state index in [2.05, 4.69) is 61.7 Å². The minimum atomic E-state index is 0.0340. The van der Waals surface area contributed by atoms with Gasteiger partial charge in [0, 0.05) is 18.2 Å². The van der Waals surface area contributed by atoms with Crippen molar-refractivity contribution in [3.63, 3.8) is 0 Å². The molecule has 4 heteroatoms. The van der Waals surface area contributed by atoms with Gasteiger partial charge in [-0.05, 0) is 37.5 Å². The average Bonchev–Trinajstić information content (AvgIpc) is 2.63. The molecular weight excluding hydrogens is 336 g/mol. The molecule has 4 nitrogen and oxygen atoms in total. The maximum absolute atomic E-state index is 10.7. The van der Waals surface area contributed by atoms with Crippen LogP contribution in [0.4, 0.5) is 0 Å². The van der Waals surface area contributed by atoms with E-state index >= 15 is 0 Å². The Labute approximate surface area is 162 Å². The summed E-state index contributed by atoms with van der Waals surface area (Å²) in [6, 6.07) is 14.4. The van der Waals surface area contributed by atoms with Crippen molar-refractivity contribution >= 4 is 5.70 Å². The van der Waals surface area contributed by atoms with Crippen molar-refractivity contribution in [2.75, 3.05) is 6.61 Å². The molecular formula is C23H31N2O2+. The van der Waals surface area contributed by atoms with Gasteiger partial charge >= 0.3 is 0 Å². The van der Waals surface area contributed by atoms with E-state index in [4.69, 9.17) is 4.74 Å². The first-order valence-electron chi connectivity index (χ1n) is 9.83. The van der Waals surface area contributed by atoms with E-state index in [9.17, 15) is 5.11 Å². The Balaban J connectivity index is 1.98. The second-order valence-corrected chi connectivity index (χ2v) is 7.67. The van der Waals surface area contributed by atoms with Gasteiger partial charge in [0.15, 0.2) is 17.7 Å². The van der Waals surface area contributed by atoms with Crippen molar-refractivity contribution < 1.29 is 15.2 Å². The molecule has 0 spiro atoms. The van der Waals surface area contributed by atoms with Crippen LogP contribution in [0.3, 0.4) is 0 Å². The van der Waals surface area contributed by atoms with E-state index < -0.39 is 0 Å². The van der Waals surface area contributed by atoms with Gasteiger partial charge in [-0.2, -0.15) is 0 Å². The summed E-state index contributed by atoms with van der Waals surface area (Å²) in [6.07, 6.45) is 3.50. The SMILES string of the molecule is CCOc1cccc(C2C=C(c3ccc(C)cc3)NC(CC(C)C)[NH2+]2)c1O. The summed E-state index contributed by atoms with van der Waals surface area (Å²) in [4.78, 5) is 0. The zero-order valence-corrected chi connectivity index (χ0v) is 16.7. The zero-order valence-electron chi connectivity index (χ0n) is 16.7. The van der Waals surface area contributed by atoms with Crippen molar-refractivity contribution in [3.8, 4) is 11.5 Å². The van der Waals surface area contributed by atoms with Crippen LogP contribution in [0.1, 0.15) is 49.9 Å². The Morgan fingerprint density at radius 3 is 2.56 bits per heavy atom. The summed E-state index contributed by atoms with van der Waals surface area (Å²) >= 11 is 0. The van der Waals surface area contributed by atoms with Crippen LogP contribution < -0.4 is 15.4 Å². The van der Waals surface area contributed by atoms with Gasteiger partial charge < -0.3 is 20.5 Å². The highest BCUT2D eigenvalue weighted by Gasteiger charge is 2.29. The molecule has 2 unspecified atom stereocenters. The lowest BCUT2D eigenvalue weighted by atomic mass is 9.97. The Morgan fingerprint density at radius 2 is 1.89 bits per heavy atom. The number of ether oxygens (including phenoxy) is 1. The number of quaternary nitrogens is 1. The minimum Gasteiger partial charge on any atom is -0.504 e. The Kier molecular flexibility index (Phi) is 6.07. The quantitative estimate of drug-likeness (QED) is 0.729. The number of phenols is 1. The number of benzene rings is 2. The Morgan fingerprint density at radius 1 is 1.15 bits per heavy atom. The maximum atomic E-state index is 10.7. The van der Waals surface area contributed by atoms with Crippen LogP contribution in [0.2, 0.25) is 0 Å². The van der Waals surface area contributed by atoms with Gasteiger partial charge in [0.05, 0.1) is 12.2 Å². The Bertz CT molecular complexity index is 797. The number of nitrogens with two attached hydrogens (primary N) is 1. The fourth-order valence-electron chi connectivity index (χ4n) is 3.61. The molecule has 0 saturated carbocycles. The van der Waals surface area contributed by atoms with Crippen molar-refractivity contribution in [2.45, 2.75) is 46.3 Å². The highest BCUT2D eigenvalue weighted by Crippen LogP contribution is 2.34. The minimum absolute atomic E-state index is 0.0340. The molecule has 0 aliphatic carbocycles. The topological polar surface area (TPSA) is 58.1 Å². The zero-order chi connectivity index (χ0) is 19.4. The van der Waals surface area contributed by atoms with Crippen LogP contribution in [0, 0.1) is 12.8 Å². The number of aromatic hydroxyl groups is 1. The van der Waals surface area contributed by atoms with Crippen molar-refractivity contribution in [1.82, 2.24) is 5.32 Å². The summed E-state index contributed by atoms with van der Waals surface area (Å²) in [7, 11) is 0. The van der Waals surface area contributed by atoms with Crippen molar-refractivity contribution in [3.05, 3.63) is 65.2 Å². The van der Waals surface area contributed by atoms with Crippen molar-refractivity contribution in [1.29, 1.82) is 0 Å². The number of para-hydroxylation sites is 1. The normalized spacial score (nSPS) is 19.5. The fraction of sp³-hybridized carbons (Fsp3) is 0.391. The molecule has 2 atom stereocenters. The fourth-order valence-corrected chi connectivity index (χ4v) is 3.61. The second kappa shape index (κ2) is 8.49. The van der Waals surface area contributed by atoms with E-state index in [1.165, 1.54) is 11.1 Å². The lowest BCUT2D eigenvalue weighted by Crippen LogP contribution is -2.95. The molecule has 0 amide bonds. The number of phenolic OH excluding ortho intramolecular Hbond substituents is 1. The molecule has 0 aromatic heterocycles. The summed E-state index contributed by atoms with van der Waals surface area (Å²) in [5.41, 5.74) is 4.43. The molecule has 1 aliphatic heterocycles. The van der Waals surface area contributed by atoms with Crippen LogP contribution >= 0.6 is 0 Å². The van der Waals surface area contributed by atoms with Crippen LogP contribution in [0.5, 0.6) is 11.5 Å². The molecule has 1 heterocycles. The first kappa shape index (κ1) is 19.3. The van der Waals surface area contributed by atoms with Gasteiger partial charge in [-0.1, -0.05) is 49.7 Å². The molecule has 27 heavy (non-hydrogen) atoms. The predicted molar refractivity (Wildman–Crippen MR) is 109 cm³/mol. The lowest BCUT2D eigenvalue weighted by molar-refractivity contribution is -0.725. The Hall–Kier alpha value is -2.46. The number of hydrogen-bond acceptors (Lipinski definition) is 3. The highest BCUT2D eigenvalue weighted by atomic mass is 16.5. The lowest BCUT2D eigenvalue weighted by Gasteiger charge is -2.31. The number of nitrogens with one attached hydrogen (secondary N) is 1. The molecule has 2 aromatic carbocycles. The molecule has 3 rings (SSSR count). The molecule has 0 fully saturated rings. The van der Waals surface area contributed by atoms with Gasteiger partial charge in [-0.15, -0.1) is 0 Å². The first-order chi connectivity index (χ1) is 13.0.